The number of hydrogen-bond acceptors (Lipinski definition) is 1. The molecule has 2 aromatic carbocycles. The molecule has 0 aliphatic rings. The number of nitrogens with one attached hydrogen (secondary N) is 1. The van der Waals surface area contributed by atoms with Gasteiger partial charge in [-0.1, -0.05) is 41.4 Å². The summed E-state index contributed by atoms with van der Waals surface area (Å²) in [6.07, 6.45) is 0.626. The topological polar surface area (TPSA) is 12.0 Å². The van der Waals surface area contributed by atoms with Gasteiger partial charge in [0, 0.05) is 11.6 Å². The highest BCUT2D eigenvalue weighted by atomic mass is 79.9. The predicted molar refractivity (Wildman–Crippen MR) is 86.1 cm³/mol. The lowest BCUT2D eigenvalue weighted by Crippen LogP contribution is -2.20. The van der Waals surface area contributed by atoms with Gasteiger partial charge in [-0.3, -0.25) is 0 Å². The Labute approximate surface area is 136 Å². The van der Waals surface area contributed by atoms with Gasteiger partial charge in [-0.25, -0.2) is 4.39 Å². The molecule has 0 saturated carbocycles. The standard InChI is InChI=1S/C15H13BrCl2FN/c1-20-14(10-3-2-4-11(16)15(10)19)8-9-5-6-12(17)13(18)7-9/h2-7,14,20H,8H2,1H3. The molecule has 2 rings (SSSR count). The minimum absolute atomic E-state index is 0.134. The van der Waals surface area contributed by atoms with Gasteiger partial charge in [-0.15, -0.1) is 0 Å². The van der Waals surface area contributed by atoms with Crippen LogP contribution in [0.15, 0.2) is 40.9 Å². The van der Waals surface area contributed by atoms with Gasteiger partial charge in [-0.2, -0.15) is 0 Å². The van der Waals surface area contributed by atoms with Gasteiger partial charge < -0.3 is 5.32 Å². The van der Waals surface area contributed by atoms with Crippen molar-refractivity contribution >= 4 is 39.1 Å². The van der Waals surface area contributed by atoms with E-state index < -0.39 is 0 Å². The normalized spacial score (nSPS) is 12.4. The first kappa shape index (κ1) is 15.8. The third kappa shape index (κ3) is 3.53. The maximum Gasteiger partial charge on any atom is 0.142 e. The van der Waals surface area contributed by atoms with E-state index >= 15 is 0 Å². The monoisotopic (exact) mass is 375 g/mol. The summed E-state index contributed by atoms with van der Waals surface area (Å²) in [5.41, 5.74) is 1.62. The third-order valence-corrected chi connectivity index (χ3v) is 4.48. The van der Waals surface area contributed by atoms with Crippen molar-refractivity contribution in [3.8, 4) is 0 Å². The molecule has 0 saturated heterocycles. The Hall–Kier alpha value is -0.610. The molecule has 1 nitrogen and oxygen atoms in total. The molecular weight excluding hydrogens is 364 g/mol. The van der Waals surface area contributed by atoms with E-state index in [2.05, 4.69) is 21.2 Å². The second kappa shape index (κ2) is 6.90. The first-order chi connectivity index (χ1) is 9.52. The van der Waals surface area contributed by atoms with Crippen LogP contribution in [-0.4, -0.2) is 7.05 Å². The molecular formula is C15H13BrCl2FN. The van der Waals surface area contributed by atoms with E-state index in [1.165, 1.54) is 0 Å². The Morgan fingerprint density at radius 3 is 2.60 bits per heavy atom. The molecule has 106 valence electrons. The maximum atomic E-state index is 14.2. The Bertz CT molecular complexity index is 619. The van der Waals surface area contributed by atoms with E-state index in [9.17, 15) is 4.39 Å². The van der Waals surface area contributed by atoms with Crippen LogP contribution in [0.5, 0.6) is 0 Å². The van der Waals surface area contributed by atoms with Crippen LogP contribution in [0.2, 0.25) is 10.0 Å². The van der Waals surface area contributed by atoms with Gasteiger partial charge in [0.05, 0.1) is 14.5 Å². The summed E-state index contributed by atoms with van der Waals surface area (Å²) >= 11 is 15.1. The summed E-state index contributed by atoms with van der Waals surface area (Å²) < 4.78 is 14.6. The van der Waals surface area contributed by atoms with E-state index in [0.717, 1.165) is 5.56 Å². The van der Waals surface area contributed by atoms with Gasteiger partial charge in [0.25, 0.3) is 0 Å². The van der Waals surface area contributed by atoms with E-state index in [-0.39, 0.29) is 11.9 Å². The van der Waals surface area contributed by atoms with Crippen molar-refractivity contribution in [1.29, 1.82) is 0 Å². The smallest absolute Gasteiger partial charge is 0.142 e. The lowest BCUT2D eigenvalue weighted by molar-refractivity contribution is 0.531. The average molecular weight is 377 g/mol. The fourth-order valence-electron chi connectivity index (χ4n) is 2.06. The summed E-state index contributed by atoms with van der Waals surface area (Å²) in [5.74, 6) is -0.244. The molecule has 0 aromatic heterocycles. The zero-order chi connectivity index (χ0) is 14.7. The van der Waals surface area contributed by atoms with E-state index in [4.69, 9.17) is 23.2 Å². The first-order valence-corrected chi connectivity index (χ1v) is 7.63. The Morgan fingerprint density at radius 1 is 1.20 bits per heavy atom. The summed E-state index contributed by atoms with van der Waals surface area (Å²) in [7, 11) is 1.81. The van der Waals surface area contributed by atoms with Crippen molar-refractivity contribution in [1.82, 2.24) is 5.32 Å². The van der Waals surface area contributed by atoms with Crippen molar-refractivity contribution in [3.05, 3.63) is 67.9 Å². The maximum absolute atomic E-state index is 14.2. The molecule has 0 amide bonds. The van der Waals surface area contributed by atoms with Crippen LogP contribution in [0.1, 0.15) is 17.2 Å². The largest absolute Gasteiger partial charge is 0.313 e. The SMILES string of the molecule is CNC(Cc1ccc(Cl)c(Cl)c1)c1cccc(Br)c1F. The molecule has 0 aliphatic heterocycles. The molecule has 1 unspecified atom stereocenters. The summed E-state index contributed by atoms with van der Waals surface area (Å²) in [5, 5.41) is 4.16. The zero-order valence-electron chi connectivity index (χ0n) is 10.8. The summed E-state index contributed by atoms with van der Waals surface area (Å²) in [6.45, 7) is 0. The molecule has 0 fully saturated rings. The second-order valence-corrected chi connectivity index (χ2v) is 6.11. The number of halogens is 4. The molecule has 2 aromatic rings. The fourth-order valence-corrected chi connectivity index (χ4v) is 2.76. The van der Waals surface area contributed by atoms with Crippen molar-refractivity contribution in [2.75, 3.05) is 7.05 Å². The fraction of sp³-hybridized carbons (Fsp3) is 0.200. The summed E-state index contributed by atoms with van der Waals surface area (Å²) in [4.78, 5) is 0. The Kier molecular flexibility index (Phi) is 5.44. The van der Waals surface area contributed by atoms with Crippen molar-refractivity contribution in [2.24, 2.45) is 0 Å². The van der Waals surface area contributed by atoms with Gasteiger partial charge >= 0.3 is 0 Å². The minimum Gasteiger partial charge on any atom is -0.313 e. The molecule has 0 radical (unpaired) electrons. The van der Waals surface area contributed by atoms with Gasteiger partial charge in [0.15, 0.2) is 0 Å². The van der Waals surface area contributed by atoms with E-state index in [1.807, 2.05) is 25.2 Å². The van der Waals surface area contributed by atoms with Crippen LogP contribution < -0.4 is 5.32 Å². The third-order valence-electron chi connectivity index (χ3n) is 3.13. The zero-order valence-corrected chi connectivity index (χ0v) is 13.9. The molecule has 0 heterocycles. The van der Waals surface area contributed by atoms with Crippen LogP contribution in [0.25, 0.3) is 0 Å². The van der Waals surface area contributed by atoms with Crippen LogP contribution in [-0.2, 0) is 6.42 Å². The molecule has 1 atom stereocenters. The number of benzene rings is 2. The number of likely N-dealkylation sites (N-methyl/N-ethyl adjacent to an activating group) is 1. The van der Waals surface area contributed by atoms with Gasteiger partial charge in [-0.05, 0) is 53.2 Å². The van der Waals surface area contributed by atoms with Gasteiger partial charge in [0.2, 0.25) is 0 Å². The highest BCUT2D eigenvalue weighted by Gasteiger charge is 2.16. The molecule has 1 N–H and O–H groups in total. The quantitative estimate of drug-likeness (QED) is 0.753. The Balaban J connectivity index is 2.28. The number of hydrogen-bond donors (Lipinski definition) is 1. The van der Waals surface area contributed by atoms with Crippen molar-refractivity contribution in [2.45, 2.75) is 12.5 Å². The Morgan fingerprint density at radius 2 is 1.95 bits per heavy atom. The van der Waals surface area contributed by atoms with E-state index in [0.29, 0.717) is 26.5 Å². The first-order valence-electron chi connectivity index (χ1n) is 6.08. The van der Waals surface area contributed by atoms with Crippen LogP contribution in [0.4, 0.5) is 4.39 Å². The molecule has 0 spiro atoms. The lowest BCUT2D eigenvalue weighted by Gasteiger charge is -2.18. The number of rotatable bonds is 4. The molecule has 5 heteroatoms. The molecule has 20 heavy (non-hydrogen) atoms. The molecule has 0 bridgehead atoms. The van der Waals surface area contributed by atoms with Crippen molar-refractivity contribution < 1.29 is 4.39 Å². The van der Waals surface area contributed by atoms with Crippen molar-refractivity contribution in [3.63, 3.8) is 0 Å². The summed E-state index contributed by atoms with van der Waals surface area (Å²) in [6, 6.07) is 10.6. The second-order valence-electron chi connectivity index (χ2n) is 4.44. The lowest BCUT2D eigenvalue weighted by atomic mass is 9.98. The highest BCUT2D eigenvalue weighted by Crippen LogP contribution is 2.28. The van der Waals surface area contributed by atoms with Crippen LogP contribution in [0.3, 0.4) is 0 Å². The average Bonchev–Trinajstić information content (AvgIpc) is 2.43. The van der Waals surface area contributed by atoms with Gasteiger partial charge in [0.1, 0.15) is 5.82 Å². The molecule has 0 aliphatic carbocycles. The van der Waals surface area contributed by atoms with E-state index in [1.54, 1.807) is 18.2 Å². The minimum atomic E-state index is -0.244. The highest BCUT2D eigenvalue weighted by molar-refractivity contribution is 9.10. The predicted octanol–water partition coefficient (Wildman–Crippen LogP) is 5.40. The van der Waals surface area contributed by atoms with Crippen LogP contribution >= 0.6 is 39.1 Å². The van der Waals surface area contributed by atoms with Crippen LogP contribution in [0, 0.1) is 5.82 Å².